The number of anilines is 1. The number of aryl methyl sites for hydroxylation is 1. The Labute approximate surface area is 201 Å². The van der Waals surface area contributed by atoms with Crippen LogP contribution in [0.25, 0.3) is 11.0 Å². The molecule has 172 valence electrons. The van der Waals surface area contributed by atoms with Crippen molar-refractivity contribution >= 4 is 28.3 Å². The van der Waals surface area contributed by atoms with Crippen molar-refractivity contribution in [2.45, 2.75) is 13.0 Å². The first kappa shape index (κ1) is 22.0. The van der Waals surface area contributed by atoms with Crippen LogP contribution in [0.1, 0.15) is 33.3 Å². The number of fused-ring (bicyclic) bond motifs is 1. The average molecular weight is 464 g/mol. The fourth-order valence-corrected chi connectivity index (χ4v) is 4.40. The fraction of sp³-hybridized carbons (Fsp3) is 0.107. The second-order valence-electron chi connectivity index (χ2n) is 8.23. The van der Waals surface area contributed by atoms with Gasteiger partial charge in [-0.25, -0.2) is 0 Å². The van der Waals surface area contributed by atoms with Gasteiger partial charge >= 0.3 is 0 Å². The number of ketones is 1. The van der Waals surface area contributed by atoms with Crippen LogP contribution in [0, 0.1) is 18.3 Å². The third-order valence-electron chi connectivity index (χ3n) is 6.04. The Morgan fingerprint density at radius 3 is 2.51 bits per heavy atom. The van der Waals surface area contributed by atoms with E-state index in [9.17, 15) is 14.7 Å². The lowest BCUT2D eigenvalue weighted by molar-refractivity contribution is -0.117. The highest BCUT2D eigenvalue weighted by atomic mass is 16.5. The number of Topliss-reactive ketones (excluding diaryl/α,β-unsaturated/α-hetero) is 1. The lowest BCUT2D eigenvalue weighted by Gasteiger charge is -2.27. The summed E-state index contributed by atoms with van der Waals surface area (Å²) in [5.41, 5.74) is 2.78. The third-order valence-corrected chi connectivity index (χ3v) is 6.04. The highest BCUT2D eigenvalue weighted by molar-refractivity contribution is 6.20. The molecule has 2 heterocycles. The molecule has 0 spiro atoms. The number of furan rings is 1. The maximum Gasteiger partial charge on any atom is 0.294 e. The Morgan fingerprint density at radius 2 is 1.83 bits per heavy atom. The molecule has 1 atom stereocenters. The monoisotopic (exact) mass is 464 g/mol. The molecule has 7 heteroatoms. The summed E-state index contributed by atoms with van der Waals surface area (Å²) in [5, 5.41) is 20.8. The van der Waals surface area contributed by atoms with Gasteiger partial charge in [0.2, 0.25) is 5.78 Å². The van der Waals surface area contributed by atoms with Crippen molar-refractivity contribution in [2.75, 3.05) is 12.0 Å². The van der Waals surface area contributed by atoms with Gasteiger partial charge in [-0.2, -0.15) is 5.26 Å². The standard InChI is InChI=1S/C28H20N2O5/c1-16-5-3-6-18(13-16)24-23(25(31)22-14-19-7-4-8-21(34-2)27(19)35-22)26(32)28(33)30(24)20-11-9-17(15-29)10-12-20/h3-14,24,32H,1-2H3. The van der Waals surface area contributed by atoms with E-state index in [1.54, 1.807) is 54.6 Å². The zero-order valence-corrected chi connectivity index (χ0v) is 19.0. The molecule has 3 aromatic carbocycles. The number of methoxy groups -OCH3 is 1. The number of rotatable bonds is 5. The van der Waals surface area contributed by atoms with E-state index in [0.29, 0.717) is 33.5 Å². The lowest BCUT2D eigenvalue weighted by atomic mass is 9.93. The van der Waals surface area contributed by atoms with Gasteiger partial charge in [0.25, 0.3) is 5.91 Å². The summed E-state index contributed by atoms with van der Waals surface area (Å²) in [6.45, 7) is 1.91. The van der Waals surface area contributed by atoms with Crippen molar-refractivity contribution in [3.63, 3.8) is 0 Å². The van der Waals surface area contributed by atoms with Crippen molar-refractivity contribution in [2.24, 2.45) is 0 Å². The number of ether oxygens (including phenoxy) is 1. The van der Waals surface area contributed by atoms with E-state index in [2.05, 4.69) is 0 Å². The molecule has 0 bridgehead atoms. The van der Waals surface area contributed by atoms with Crippen LogP contribution >= 0.6 is 0 Å². The van der Waals surface area contributed by atoms with Gasteiger partial charge in [0.15, 0.2) is 22.9 Å². The van der Waals surface area contributed by atoms with Crippen LogP contribution in [0.2, 0.25) is 0 Å². The summed E-state index contributed by atoms with van der Waals surface area (Å²) >= 11 is 0. The summed E-state index contributed by atoms with van der Waals surface area (Å²) in [6, 6.07) is 21.8. The molecule has 1 aliphatic rings. The minimum Gasteiger partial charge on any atom is -0.503 e. The summed E-state index contributed by atoms with van der Waals surface area (Å²) in [7, 11) is 1.51. The van der Waals surface area contributed by atoms with Crippen molar-refractivity contribution in [3.05, 3.63) is 107 Å². The molecule has 0 aliphatic carbocycles. The Kier molecular flexibility index (Phi) is 5.34. The van der Waals surface area contributed by atoms with Crippen LogP contribution in [0.4, 0.5) is 5.69 Å². The van der Waals surface area contributed by atoms with Gasteiger partial charge in [0, 0.05) is 11.1 Å². The molecule has 0 fully saturated rings. The van der Waals surface area contributed by atoms with E-state index in [1.807, 2.05) is 31.2 Å². The van der Waals surface area contributed by atoms with Gasteiger partial charge in [-0.1, -0.05) is 42.0 Å². The van der Waals surface area contributed by atoms with Gasteiger partial charge in [0.1, 0.15) is 0 Å². The van der Waals surface area contributed by atoms with Crippen LogP contribution in [-0.4, -0.2) is 23.9 Å². The van der Waals surface area contributed by atoms with Crippen molar-refractivity contribution in [1.29, 1.82) is 5.26 Å². The molecule has 0 saturated heterocycles. The quantitative estimate of drug-likeness (QED) is 0.397. The highest BCUT2D eigenvalue weighted by Crippen LogP contribution is 2.43. The Hall–Kier alpha value is -4.83. The van der Waals surface area contributed by atoms with Crippen molar-refractivity contribution in [3.8, 4) is 11.8 Å². The maximum atomic E-state index is 13.7. The number of hydrogen-bond donors (Lipinski definition) is 1. The minimum absolute atomic E-state index is 0.0156. The van der Waals surface area contributed by atoms with E-state index >= 15 is 0 Å². The fourth-order valence-electron chi connectivity index (χ4n) is 4.40. The van der Waals surface area contributed by atoms with E-state index in [1.165, 1.54) is 12.0 Å². The molecule has 7 nitrogen and oxygen atoms in total. The number of aliphatic hydroxyl groups is 1. The zero-order chi connectivity index (χ0) is 24.7. The number of carbonyl (C=O) groups excluding carboxylic acids is 2. The summed E-state index contributed by atoms with van der Waals surface area (Å²) < 4.78 is 11.2. The first-order valence-corrected chi connectivity index (χ1v) is 10.9. The predicted molar refractivity (Wildman–Crippen MR) is 129 cm³/mol. The molecule has 1 unspecified atom stereocenters. The number of para-hydroxylation sites is 1. The predicted octanol–water partition coefficient (Wildman–Crippen LogP) is 5.40. The SMILES string of the molecule is COc1cccc2cc(C(=O)C3=C(O)C(=O)N(c4ccc(C#N)cc4)C3c3cccc(C)c3)oc12. The molecule has 0 saturated carbocycles. The van der Waals surface area contributed by atoms with Gasteiger partial charge in [-0.05, 0) is 48.9 Å². The molecule has 5 rings (SSSR count). The van der Waals surface area contributed by atoms with Crippen LogP contribution in [-0.2, 0) is 4.79 Å². The molecule has 1 aliphatic heterocycles. The van der Waals surface area contributed by atoms with Gasteiger partial charge in [0.05, 0.1) is 30.4 Å². The summed E-state index contributed by atoms with van der Waals surface area (Å²) in [4.78, 5) is 28.4. The van der Waals surface area contributed by atoms with Crippen LogP contribution in [0.15, 0.2) is 88.5 Å². The van der Waals surface area contributed by atoms with E-state index in [-0.39, 0.29) is 11.3 Å². The number of nitrogens with zero attached hydrogens (tertiary/aromatic N) is 2. The van der Waals surface area contributed by atoms with Crippen LogP contribution in [0.3, 0.4) is 0 Å². The van der Waals surface area contributed by atoms with Gasteiger partial charge < -0.3 is 14.3 Å². The van der Waals surface area contributed by atoms with Crippen molar-refractivity contribution < 1.29 is 23.8 Å². The first-order valence-electron chi connectivity index (χ1n) is 10.9. The number of carbonyl (C=O) groups is 2. The normalized spacial score (nSPS) is 15.5. The largest absolute Gasteiger partial charge is 0.503 e. The van der Waals surface area contributed by atoms with E-state index in [4.69, 9.17) is 14.4 Å². The first-order chi connectivity index (χ1) is 16.9. The number of benzene rings is 3. The number of aliphatic hydroxyl groups excluding tert-OH is 1. The Bertz CT molecular complexity index is 1560. The number of hydrogen-bond acceptors (Lipinski definition) is 6. The van der Waals surface area contributed by atoms with Crippen molar-refractivity contribution in [1.82, 2.24) is 0 Å². The van der Waals surface area contributed by atoms with Gasteiger partial charge in [-0.15, -0.1) is 0 Å². The molecule has 1 aromatic heterocycles. The molecular formula is C28H20N2O5. The van der Waals surface area contributed by atoms with Crippen LogP contribution < -0.4 is 9.64 Å². The summed E-state index contributed by atoms with van der Waals surface area (Å²) in [6.07, 6.45) is 0. The second kappa shape index (κ2) is 8.50. The average Bonchev–Trinajstić information content (AvgIpc) is 3.43. The Morgan fingerprint density at radius 1 is 1.09 bits per heavy atom. The number of amides is 1. The summed E-state index contributed by atoms with van der Waals surface area (Å²) in [5.74, 6) is -1.50. The van der Waals surface area contributed by atoms with Crippen LogP contribution in [0.5, 0.6) is 5.75 Å². The molecule has 4 aromatic rings. The second-order valence-corrected chi connectivity index (χ2v) is 8.23. The Balaban J connectivity index is 1.66. The molecule has 1 amide bonds. The smallest absolute Gasteiger partial charge is 0.294 e. The van der Waals surface area contributed by atoms with E-state index < -0.39 is 23.5 Å². The number of nitriles is 1. The van der Waals surface area contributed by atoms with E-state index in [0.717, 1.165) is 5.56 Å². The molecule has 35 heavy (non-hydrogen) atoms. The molecular weight excluding hydrogens is 444 g/mol. The molecule has 1 N–H and O–H groups in total. The maximum absolute atomic E-state index is 13.7. The third kappa shape index (κ3) is 3.62. The highest BCUT2D eigenvalue weighted by Gasteiger charge is 2.45. The molecule has 0 radical (unpaired) electrons. The zero-order valence-electron chi connectivity index (χ0n) is 19.0. The minimum atomic E-state index is -0.891. The topological polar surface area (TPSA) is 104 Å². The lowest BCUT2D eigenvalue weighted by Crippen LogP contribution is -2.31. The van der Waals surface area contributed by atoms with Gasteiger partial charge in [-0.3, -0.25) is 14.5 Å².